The van der Waals surface area contributed by atoms with Crippen LogP contribution in [0.2, 0.25) is 0 Å². The van der Waals surface area contributed by atoms with Crippen LogP contribution in [0.3, 0.4) is 0 Å². The number of rotatable bonds is 10. The normalized spacial score (nSPS) is 11.4. The molecule has 0 unspecified atom stereocenters. The SMILES string of the molecule is C(=C\c1ccc2cc(N(c3ccccc3)c3ccc(-c4cccc5ccccc45)cc3)ccc2c1)/c1ccc(N(c2ccccc2)c2ccc(-c3cccc4ccccc34)cc2)cc1. The molecule has 11 aromatic carbocycles. The Morgan fingerprint density at radius 3 is 1.16 bits per heavy atom. The molecule has 0 radical (unpaired) electrons. The van der Waals surface area contributed by atoms with Gasteiger partial charge in [0.2, 0.25) is 0 Å². The third-order valence-electron chi connectivity index (χ3n) is 12.2. The summed E-state index contributed by atoms with van der Waals surface area (Å²) in [4.78, 5) is 4.66. The summed E-state index contributed by atoms with van der Waals surface area (Å²) >= 11 is 0. The number of benzene rings is 11. The van der Waals surface area contributed by atoms with Crippen molar-refractivity contribution in [2.24, 2.45) is 0 Å². The first-order valence-corrected chi connectivity index (χ1v) is 21.9. The number of hydrogen-bond donors (Lipinski definition) is 0. The van der Waals surface area contributed by atoms with Gasteiger partial charge in [0.1, 0.15) is 0 Å². The molecule has 0 spiro atoms. The highest BCUT2D eigenvalue weighted by atomic mass is 15.1. The van der Waals surface area contributed by atoms with Crippen molar-refractivity contribution in [3.8, 4) is 22.3 Å². The van der Waals surface area contributed by atoms with Crippen LogP contribution in [0.4, 0.5) is 34.1 Å². The second kappa shape index (κ2) is 17.1. The van der Waals surface area contributed by atoms with E-state index in [2.05, 4.69) is 277 Å². The Morgan fingerprint density at radius 2 is 0.609 bits per heavy atom. The van der Waals surface area contributed by atoms with Crippen molar-refractivity contribution in [3.05, 3.63) is 266 Å². The van der Waals surface area contributed by atoms with Crippen LogP contribution >= 0.6 is 0 Å². The largest absolute Gasteiger partial charge is 0.311 e. The third kappa shape index (κ3) is 7.70. The molecule has 2 heteroatoms. The molecule has 0 N–H and O–H groups in total. The van der Waals surface area contributed by atoms with E-state index in [-0.39, 0.29) is 0 Å². The second-order valence-electron chi connectivity index (χ2n) is 16.2. The Balaban J connectivity index is 0.841. The predicted molar refractivity (Wildman–Crippen MR) is 275 cm³/mol. The molecule has 0 atom stereocenters. The van der Waals surface area contributed by atoms with Crippen LogP contribution in [0.5, 0.6) is 0 Å². The number of anilines is 6. The molecule has 11 rings (SSSR count). The lowest BCUT2D eigenvalue weighted by Crippen LogP contribution is -2.09. The summed E-state index contributed by atoms with van der Waals surface area (Å²) in [6.45, 7) is 0. The Bertz CT molecular complexity index is 3400. The van der Waals surface area contributed by atoms with Crippen LogP contribution in [-0.2, 0) is 0 Å². The van der Waals surface area contributed by atoms with E-state index in [1.54, 1.807) is 0 Å². The predicted octanol–water partition coefficient (Wildman–Crippen LogP) is 17.6. The Hall–Kier alpha value is -8.46. The molecule has 302 valence electrons. The average Bonchev–Trinajstić information content (AvgIpc) is 3.37. The van der Waals surface area contributed by atoms with Crippen LogP contribution in [0, 0.1) is 0 Å². The van der Waals surface area contributed by atoms with E-state index in [9.17, 15) is 0 Å². The first kappa shape index (κ1) is 38.5. The maximum Gasteiger partial charge on any atom is 0.0468 e. The lowest BCUT2D eigenvalue weighted by atomic mass is 9.98. The summed E-state index contributed by atoms with van der Waals surface area (Å²) in [5.41, 5.74) is 13.9. The number of fused-ring (bicyclic) bond motifs is 3. The van der Waals surface area contributed by atoms with Gasteiger partial charge in [-0.25, -0.2) is 0 Å². The lowest BCUT2D eigenvalue weighted by molar-refractivity contribution is 1.28. The molecule has 0 aliphatic carbocycles. The van der Waals surface area contributed by atoms with Gasteiger partial charge in [-0.15, -0.1) is 0 Å². The number of hydrogen-bond acceptors (Lipinski definition) is 2. The molecule has 0 bridgehead atoms. The fourth-order valence-electron chi connectivity index (χ4n) is 9.00. The zero-order chi connectivity index (χ0) is 42.7. The molecule has 0 heterocycles. The maximum absolute atomic E-state index is 2.34. The highest BCUT2D eigenvalue weighted by Gasteiger charge is 2.15. The van der Waals surface area contributed by atoms with E-state index in [0.29, 0.717) is 0 Å². The van der Waals surface area contributed by atoms with E-state index in [1.165, 1.54) is 54.6 Å². The fraction of sp³-hybridized carbons (Fsp3) is 0. The summed E-state index contributed by atoms with van der Waals surface area (Å²) in [6.07, 6.45) is 4.40. The molecule has 0 aliphatic rings. The van der Waals surface area contributed by atoms with Gasteiger partial charge in [0.05, 0.1) is 0 Å². The van der Waals surface area contributed by atoms with Crippen molar-refractivity contribution in [1.82, 2.24) is 0 Å². The quantitative estimate of drug-likeness (QED) is 0.127. The molecule has 0 amide bonds. The molecule has 0 aliphatic heterocycles. The highest BCUT2D eigenvalue weighted by Crippen LogP contribution is 2.39. The topological polar surface area (TPSA) is 6.48 Å². The minimum absolute atomic E-state index is 1.10. The minimum atomic E-state index is 1.10. The van der Waals surface area contributed by atoms with Crippen LogP contribution in [0.1, 0.15) is 11.1 Å². The van der Waals surface area contributed by atoms with Crippen molar-refractivity contribution >= 4 is 78.6 Å². The summed E-state index contributed by atoms with van der Waals surface area (Å²) in [6, 6.07) is 91.6. The van der Waals surface area contributed by atoms with Crippen LogP contribution in [0.25, 0.3) is 66.7 Å². The molecule has 2 nitrogen and oxygen atoms in total. The average molecular weight is 817 g/mol. The standard InChI is InChI=1S/C62H44N2/c1-3-17-53(18-4-1)63(56-38-31-49(32-39-56)61-23-11-15-47-13-7-9-21-59(47)61)55-36-28-45(29-37-55)25-26-46-27-30-52-44-58(42-35-51(52)43-46)64(54-19-5-2-6-20-54)57-40-33-50(34-41-57)62-24-12-16-48-14-8-10-22-60(48)62/h1-44H/b26-25+. The van der Waals surface area contributed by atoms with Gasteiger partial charge in [0, 0.05) is 34.1 Å². The summed E-state index contributed by atoms with van der Waals surface area (Å²) < 4.78 is 0. The Labute approximate surface area is 374 Å². The van der Waals surface area contributed by atoms with Crippen LogP contribution in [0.15, 0.2) is 255 Å². The molecule has 0 saturated carbocycles. The molecule has 0 saturated heterocycles. The second-order valence-corrected chi connectivity index (χ2v) is 16.2. The van der Waals surface area contributed by atoms with Crippen LogP contribution in [-0.4, -0.2) is 0 Å². The van der Waals surface area contributed by atoms with Gasteiger partial charge in [-0.2, -0.15) is 0 Å². The zero-order valence-corrected chi connectivity index (χ0v) is 35.3. The van der Waals surface area contributed by atoms with E-state index in [0.717, 1.165) is 45.3 Å². The van der Waals surface area contributed by atoms with Crippen molar-refractivity contribution in [2.75, 3.05) is 9.80 Å². The summed E-state index contributed by atoms with van der Waals surface area (Å²) in [5.74, 6) is 0. The summed E-state index contributed by atoms with van der Waals surface area (Å²) in [7, 11) is 0. The van der Waals surface area contributed by atoms with E-state index in [4.69, 9.17) is 0 Å². The third-order valence-corrected chi connectivity index (χ3v) is 12.2. The van der Waals surface area contributed by atoms with E-state index < -0.39 is 0 Å². The van der Waals surface area contributed by atoms with Crippen molar-refractivity contribution in [3.63, 3.8) is 0 Å². The molecular weight excluding hydrogens is 773 g/mol. The van der Waals surface area contributed by atoms with Gasteiger partial charge < -0.3 is 9.80 Å². The molecule has 64 heavy (non-hydrogen) atoms. The molecule has 11 aromatic rings. The van der Waals surface area contributed by atoms with Crippen molar-refractivity contribution < 1.29 is 0 Å². The van der Waals surface area contributed by atoms with Gasteiger partial charge in [-0.05, 0) is 145 Å². The fourth-order valence-corrected chi connectivity index (χ4v) is 9.00. The Morgan fingerprint density at radius 1 is 0.234 bits per heavy atom. The van der Waals surface area contributed by atoms with Gasteiger partial charge in [0.25, 0.3) is 0 Å². The zero-order valence-electron chi connectivity index (χ0n) is 35.3. The van der Waals surface area contributed by atoms with E-state index in [1.807, 2.05) is 0 Å². The van der Waals surface area contributed by atoms with Gasteiger partial charge in [0.15, 0.2) is 0 Å². The highest BCUT2D eigenvalue weighted by molar-refractivity contribution is 5.98. The first-order valence-electron chi connectivity index (χ1n) is 21.9. The first-order chi connectivity index (χ1) is 31.7. The lowest BCUT2D eigenvalue weighted by Gasteiger charge is -2.26. The van der Waals surface area contributed by atoms with Crippen molar-refractivity contribution in [2.45, 2.75) is 0 Å². The summed E-state index contributed by atoms with van der Waals surface area (Å²) in [5, 5.41) is 7.42. The minimum Gasteiger partial charge on any atom is -0.311 e. The van der Waals surface area contributed by atoms with Crippen molar-refractivity contribution in [1.29, 1.82) is 0 Å². The monoisotopic (exact) mass is 816 g/mol. The number of nitrogens with zero attached hydrogens (tertiary/aromatic N) is 2. The van der Waals surface area contributed by atoms with Gasteiger partial charge >= 0.3 is 0 Å². The molecule has 0 fully saturated rings. The van der Waals surface area contributed by atoms with E-state index >= 15 is 0 Å². The van der Waals surface area contributed by atoms with Crippen LogP contribution < -0.4 is 9.80 Å². The smallest absolute Gasteiger partial charge is 0.0468 e. The maximum atomic E-state index is 2.34. The van der Waals surface area contributed by atoms with Gasteiger partial charge in [-0.1, -0.05) is 188 Å². The molecule has 0 aromatic heterocycles. The van der Waals surface area contributed by atoms with Gasteiger partial charge in [-0.3, -0.25) is 0 Å². The number of para-hydroxylation sites is 2. The Kier molecular flexibility index (Phi) is 10.3. The molecular formula is C62H44N2.